The van der Waals surface area contributed by atoms with E-state index in [0.717, 1.165) is 11.4 Å². The van der Waals surface area contributed by atoms with E-state index >= 15 is 0 Å². The summed E-state index contributed by atoms with van der Waals surface area (Å²) in [7, 11) is 0. The fraction of sp³-hybridized carbons (Fsp3) is 0.154. The molecule has 0 unspecified atom stereocenters. The number of carbonyl (C=O) groups excluding carboxylic acids is 1. The molecule has 0 saturated carbocycles. The molecular formula is C13H10BrN5OS. The minimum absolute atomic E-state index is 0.363. The van der Waals surface area contributed by atoms with Gasteiger partial charge in [-0.15, -0.1) is 0 Å². The molecule has 3 aromatic rings. The highest BCUT2D eigenvalue weighted by molar-refractivity contribution is 9.10. The molecule has 0 saturated heterocycles. The van der Waals surface area contributed by atoms with Crippen molar-refractivity contribution in [1.82, 2.24) is 18.7 Å². The molecule has 1 amide bonds. The Morgan fingerprint density at radius 1 is 1.38 bits per heavy atom. The Labute approximate surface area is 132 Å². The van der Waals surface area contributed by atoms with Crippen LogP contribution in [0.2, 0.25) is 0 Å². The van der Waals surface area contributed by atoms with E-state index in [4.69, 9.17) is 0 Å². The summed E-state index contributed by atoms with van der Waals surface area (Å²) in [6.07, 6.45) is 3.11. The van der Waals surface area contributed by atoms with Crippen LogP contribution in [0, 0.1) is 13.8 Å². The van der Waals surface area contributed by atoms with Crippen molar-refractivity contribution in [3.8, 4) is 0 Å². The molecule has 0 aromatic carbocycles. The first kappa shape index (κ1) is 14.0. The topological polar surface area (TPSA) is 72.5 Å². The number of rotatable bonds is 1. The van der Waals surface area contributed by atoms with Crippen LogP contribution in [0.1, 0.15) is 21.7 Å². The number of pyridine rings is 1. The summed E-state index contributed by atoms with van der Waals surface area (Å²) in [5.74, 6) is 0.191. The molecule has 0 aliphatic rings. The zero-order chi connectivity index (χ0) is 15.0. The summed E-state index contributed by atoms with van der Waals surface area (Å²) in [6.45, 7) is 3.87. The number of carbonyl (C=O) groups is 1. The number of halogens is 1. The second-order valence-electron chi connectivity index (χ2n) is 4.39. The highest BCUT2D eigenvalue weighted by Gasteiger charge is 2.10. The number of amides is 1. The van der Waals surface area contributed by atoms with Crippen LogP contribution in [0.4, 0.5) is 0 Å². The number of aryl methyl sites for hydroxylation is 2. The van der Waals surface area contributed by atoms with Crippen LogP contribution < -0.4 is 4.80 Å². The first-order valence-corrected chi connectivity index (χ1v) is 7.64. The van der Waals surface area contributed by atoms with Crippen LogP contribution in [-0.4, -0.2) is 24.6 Å². The maximum atomic E-state index is 12.2. The van der Waals surface area contributed by atoms with Gasteiger partial charge in [0.15, 0.2) is 0 Å². The normalized spacial score (nSPS) is 12.0. The molecule has 0 bridgehead atoms. The summed E-state index contributed by atoms with van der Waals surface area (Å²) in [6, 6.07) is 3.57. The first-order chi connectivity index (χ1) is 10.0. The summed E-state index contributed by atoms with van der Waals surface area (Å²) in [5, 5.41) is 0. The van der Waals surface area contributed by atoms with Gasteiger partial charge in [0.25, 0.3) is 5.91 Å². The van der Waals surface area contributed by atoms with E-state index in [-0.39, 0.29) is 5.91 Å². The number of nitrogens with zero attached hydrogens (tertiary/aromatic N) is 5. The molecule has 3 heterocycles. The standard InChI is InChI=1S/C13H10BrN5OS/c1-7-5-8(2)19-12(16-7)18-13(21-19)17-11(20)9-3-4-15-6-10(9)14/h3-6H,1-2H3. The van der Waals surface area contributed by atoms with Crippen molar-refractivity contribution in [1.29, 1.82) is 0 Å². The van der Waals surface area contributed by atoms with Gasteiger partial charge in [-0.25, -0.2) is 8.77 Å². The lowest BCUT2D eigenvalue weighted by molar-refractivity contribution is 0.0997. The molecule has 0 fully saturated rings. The molecule has 106 valence electrons. The molecule has 3 rings (SSSR count). The van der Waals surface area contributed by atoms with Gasteiger partial charge in [0.1, 0.15) is 0 Å². The lowest BCUT2D eigenvalue weighted by atomic mass is 10.2. The SMILES string of the molecule is Cc1cc(C)n2sc(=NC(=O)c3ccncc3Br)nc2n1. The number of hydrogen-bond acceptors (Lipinski definition) is 5. The van der Waals surface area contributed by atoms with Crippen LogP contribution in [0.3, 0.4) is 0 Å². The van der Waals surface area contributed by atoms with Crippen molar-refractivity contribution in [2.24, 2.45) is 4.99 Å². The zero-order valence-corrected chi connectivity index (χ0v) is 13.6. The second-order valence-corrected chi connectivity index (χ2v) is 6.16. The van der Waals surface area contributed by atoms with Gasteiger partial charge in [0.2, 0.25) is 10.6 Å². The predicted molar refractivity (Wildman–Crippen MR) is 82.2 cm³/mol. The fourth-order valence-corrected chi connectivity index (χ4v) is 3.06. The first-order valence-electron chi connectivity index (χ1n) is 6.07. The molecule has 0 aliphatic carbocycles. The quantitative estimate of drug-likeness (QED) is 0.664. The Morgan fingerprint density at radius 3 is 2.95 bits per heavy atom. The molecule has 0 radical (unpaired) electrons. The Morgan fingerprint density at radius 2 is 2.19 bits per heavy atom. The van der Waals surface area contributed by atoms with Crippen LogP contribution in [0.5, 0.6) is 0 Å². The Bertz CT molecular complexity index is 914. The third-order valence-corrected chi connectivity index (χ3v) is 4.38. The van der Waals surface area contributed by atoms with Crippen LogP contribution in [0.25, 0.3) is 5.78 Å². The maximum absolute atomic E-state index is 12.2. The van der Waals surface area contributed by atoms with Crippen LogP contribution >= 0.6 is 27.5 Å². The lowest BCUT2D eigenvalue weighted by Crippen LogP contribution is -2.05. The van der Waals surface area contributed by atoms with Gasteiger partial charge in [0.05, 0.1) is 5.56 Å². The van der Waals surface area contributed by atoms with Gasteiger partial charge in [-0.2, -0.15) is 9.98 Å². The average molecular weight is 364 g/mol. The summed E-state index contributed by atoms with van der Waals surface area (Å²) in [4.78, 5) is 29.1. The van der Waals surface area contributed by atoms with E-state index in [1.54, 1.807) is 18.5 Å². The van der Waals surface area contributed by atoms with Crippen molar-refractivity contribution in [3.05, 3.63) is 50.8 Å². The van der Waals surface area contributed by atoms with E-state index in [1.807, 2.05) is 23.7 Å². The third-order valence-electron chi connectivity index (χ3n) is 2.76. The third kappa shape index (κ3) is 2.77. The summed E-state index contributed by atoms with van der Waals surface area (Å²) < 4.78 is 2.46. The number of fused-ring (bicyclic) bond motifs is 1. The Hall–Kier alpha value is -1.93. The monoisotopic (exact) mass is 363 g/mol. The van der Waals surface area contributed by atoms with Crippen LogP contribution in [0.15, 0.2) is 34.0 Å². The van der Waals surface area contributed by atoms with E-state index in [2.05, 4.69) is 35.9 Å². The Balaban J connectivity index is 2.10. The molecule has 0 N–H and O–H groups in total. The highest BCUT2D eigenvalue weighted by atomic mass is 79.9. The van der Waals surface area contributed by atoms with Crippen molar-refractivity contribution in [2.75, 3.05) is 0 Å². The fourth-order valence-electron chi connectivity index (χ4n) is 1.87. The largest absolute Gasteiger partial charge is 0.281 e. The summed E-state index contributed by atoms with van der Waals surface area (Å²) >= 11 is 4.57. The zero-order valence-electron chi connectivity index (χ0n) is 11.2. The second kappa shape index (κ2) is 5.45. The Kier molecular flexibility index (Phi) is 3.64. The van der Waals surface area contributed by atoms with Gasteiger partial charge in [-0.1, -0.05) is 0 Å². The maximum Gasteiger partial charge on any atom is 0.281 e. The molecule has 0 atom stereocenters. The van der Waals surface area contributed by atoms with Crippen molar-refractivity contribution in [3.63, 3.8) is 0 Å². The van der Waals surface area contributed by atoms with E-state index in [9.17, 15) is 4.79 Å². The molecule has 8 heteroatoms. The van der Waals surface area contributed by atoms with Crippen molar-refractivity contribution < 1.29 is 4.79 Å². The van der Waals surface area contributed by atoms with Crippen molar-refractivity contribution >= 4 is 39.1 Å². The van der Waals surface area contributed by atoms with Gasteiger partial charge in [-0.05, 0) is 53.4 Å². The predicted octanol–water partition coefficient (Wildman–Crippen LogP) is 2.31. The molecule has 6 nitrogen and oxygen atoms in total. The van der Waals surface area contributed by atoms with Crippen molar-refractivity contribution in [2.45, 2.75) is 13.8 Å². The molecule has 3 aromatic heterocycles. The van der Waals surface area contributed by atoms with Crippen LogP contribution in [-0.2, 0) is 0 Å². The van der Waals surface area contributed by atoms with Gasteiger partial charge in [-0.3, -0.25) is 9.78 Å². The summed E-state index contributed by atoms with van der Waals surface area (Å²) in [5.41, 5.74) is 2.34. The number of hydrogen-bond donors (Lipinski definition) is 0. The molecule has 0 spiro atoms. The minimum Gasteiger partial charge on any atom is -0.267 e. The van der Waals surface area contributed by atoms with Gasteiger partial charge >= 0.3 is 0 Å². The van der Waals surface area contributed by atoms with E-state index in [0.29, 0.717) is 20.6 Å². The molecule has 0 aliphatic heterocycles. The van der Waals surface area contributed by atoms with E-state index in [1.165, 1.54) is 11.5 Å². The smallest absolute Gasteiger partial charge is 0.267 e. The molecular weight excluding hydrogens is 354 g/mol. The van der Waals surface area contributed by atoms with Gasteiger partial charge in [0, 0.05) is 28.3 Å². The molecule has 21 heavy (non-hydrogen) atoms. The lowest BCUT2D eigenvalue weighted by Gasteiger charge is -1.97. The van der Waals surface area contributed by atoms with Gasteiger partial charge < -0.3 is 0 Å². The average Bonchev–Trinajstić information content (AvgIpc) is 2.81. The van der Waals surface area contributed by atoms with E-state index < -0.39 is 0 Å². The highest BCUT2D eigenvalue weighted by Crippen LogP contribution is 2.15. The number of aromatic nitrogens is 4. The minimum atomic E-state index is -0.363.